The van der Waals surface area contributed by atoms with Crippen molar-refractivity contribution in [3.63, 3.8) is 0 Å². The van der Waals surface area contributed by atoms with Gasteiger partial charge in [-0.25, -0.2) is 8.42 Å². The molecule has 4 bridgehead atoms. The molecule has 0 aromatic heterocycles. The van der Waals surface area contributed by atoms with Crippen LogP contribution in [0.25, 0.3) is 0 Å². The monoisotopic (exact) mass is 484 g/mol. The van der Waals surface area contributed by atoms with Gasteiger partial charge in [0, 0.05) is 29.6 Å². The Morgan fingerprint density at radius 2 is 1.71 bits per heavy atom. The van der Waals surface area contributed by atoms with Crippen LogP contribution in [0.5, 0.6) is 0 Å². The van der Waals surface area contributed by atoms with E-state index in [9.17, 15) is 13.2 Å². The predicted molar refractivity (Wildman–Crippen MR) is 122 cm³/mol. The largest absolute Gasteiger partial charge is 0.354 e. The lowest BCUT2D eigenvalue weighted by Crippen LogP contribution is -2.56. The van der Waals surface area contributed by atoms with Crippen LogP contribution in [0, 0.1) is 23.2 Å². The molecule has 0 spiro atoms. The average molecular weight is 485 g/mol. The highest BCUT2D eigenvalue weighted by molar-refractivity contribution is 7.89. The summed E-state index contributed by atoms with van der Waals surface area (Å²) < 4.78 is 28.3. The van der Waals surface area contributed by atoms with Gasteiger partial charge in [0.05, 0.1) is 5.02 Å². The third kappa shape index (κ3) is 4.03. The van der Waals surface area contributed by atoms with Gasteiger partial charge >= 0.3 is 0 Å². The van der Waals surface area contributed by atoms with E-state index in [-0.39, 0.29) is 27.3 Å². The van der Waals surface area contributed by atoms with Crippen LogP contribution in [0.1, 0.15) is 57.8 Å². The molecule has 31 heavy (non-hydrogen) atoms. The van der Waals surface area contributed by atoms with Gasteiger partial charge in [-0.2, -0.15) is 4.31 Å². The smallest absolute Gasteiger partial charge is 0.244 e. The van der Waals surface area contributed by atoms with Crippen molar-refractivity contribution >= 4 is 39.1 Å². The Morgan fingerprint density at radius 3 is 2.32 bits per heavy atom. The first-order valence-corrected chi connectivity index (χ1v) is 13.7. The van der Waals surface area contributed by atoms with Crippen LogP contribution in [0.4, 0.5) is 0 Å². The van der Waals surface area contributed by atoms with Crippen LogP contribution >= 0.6 is 23.2 Å². The second-order valence-electron chi connectivity index (χ2n) is 10.2. The van der Waals surface area contributed by atoms with Crippen LogP contribution in [0.15, 0.2) is 23.1 Å². The molecular weight excluding hydrogens is 455 g/mol. The first-order valence-electron chi connectivity index (χ1n) is 11.5. The molecular formula is C23H30Cl2N2O3S. The van der Waals surface area contributed by atoms with Crippen molar-refractivity contribution in [2.24, 2.45) is 23.2 Å². The van der Waals surface area contributed by atoms with E-state index in [0.29, 0.717) is 35.9 Å². The first kappa shape index (κ1) is 22.0. The molecule has 1 amide bonds. The molecule has 1 saturated heterocycles. The molecule has 1 aliphatic heterocycles. The van der Waals surface area contributed by atoms with Crippen LogP contribution in [0.3, 0.4) is 0 Å². The van der Waals surface area contributed by atoms with E-state index in [1.165, 1.54) is 35.7 Å². The molecule has 5 aliphatic rings. The summed E-state index contributed by atoms with van der Waals surface area (Å²) in [7, 11) is -3.76. The van der Waals surface area contributed by atoms with Crippen molar-refractivity contribution < 1.29 is 13.2 Å². The van der Waals surface area contributed by atoms with E-state index in [1.54, 1.807) is 6.07 Å². The fourth-order valence-corrected chi connectivity index (χ4v) is 9.53. The molecule has 1 aromatic rings. The van der Waals surface area contributed by atoms with E-state index < -0.39 is 10.0 Å². The molecule has 1 aromatic carbocycles. The highest BCUT2D eigenvalue weighted by Gasteiger charge is 2.54. The minimum Gasteiger partial charge on any atom is -0.354 e. The van der Waals surface area contributed by atoms with Crippen LogP contribution < -0.4 is 5.32 Å². The van der Waals surface area contributed by atoms with E-state index in [1.807, 2.05) is 0 Å². The van der Waals surface area contributed by atoms with Gasteiger partial charge in [0.15, 0.2) is 0 Å². The van der Waals surface area contributed by atoms with Gasteiger partial charge in [0.25, 0.3) is 0 Å². The molecule has 8 heteroatoms. The van der Waals surface area contributed by atoms with Gasteiger partial charge in [0.1, 0.15) is 4.90 Å². The number of nitrogens with one attached hydrogen (secondary N) is 1. The van der Waals surface area contributed by atoms with Gasteiger partial charge in [-0.15, -0.1) is 0 Å². The number of nitrogens with zero attached hydrogens (tertiary/aromatic N) is 1. The number of halogens is 2. The van der Waals surface area contributed by atoms with Crippen LogP contribution in [-0.4, -0.2) is 37.8 Å². The average Bonchev–Trinajstić information content (AvgIpc) is 2.71. The molecule has 4 aliphatic carbocycles. The van der Waals surface area contributed by atoms with Crippen molar-refractivity contribution in [3.8, 4) is 0 Å². The van der Waals surface area contributed by atoms with Crippen molar-refractivity contribution in [2.45, 2.75) is 68.7 Å². The minimum atomic E-state index is -3.76. The molecule has 1 unspecified atom stereocenters. The Hall–Kier alpha value is -0.820. The maximum atomic E-state index is 13.4. The number of benzene rings is 1. The topological polar surface area (TPSA) is 66.5 Å². The second-order valence-corrected chi connectivity index (χ2v) is 13.0. The summed E-state index contributed by atoms with van der Waals surface area (Å²) >= 11 is 12.2. The number of piperidine rings is 1. The fraction of sp³-hybridized carbons (Fsp3) is 0.696. The zero-order valence-corrected chi connectivity index (χ0v) is 20.0. The zero-order valence-electron chi connectivity index (χ0n) is 17.7. The number of carbonyl (C=O) groups is 1. The van der Waals surface area contributed by atoms with Crippen molar-refractivity contribution in [1.29, 1.82) is 0 Å². The molecule has 1 heterocycles. The van der Waals surface area contributed by atoms with Gasteiger partial charge in [-0.3, -0.25) is 4.79 Å². The van der Waals surface area contributed by atoms with E-state index in [4.69, 9.17) is 23.2 Å². The molecule has 6 rings (SSSR count). The Morgan fingerprint density at radius 1 is 1.06 bits per heavy atom. The molecule has 4 saturated carbocycles. The van der Waals surface area contributed by atoms with Gasteiger partial charge in [-0.1, -0.05) is 29.6 Å². The Bertz CT molecular complexity index is 946. The number of rotatable bonds is 5. The van der Waals surface area contributed by atoms with Crippen molar-refractivity contribution in [1.82, 2.24) is 9.62 Å². The standard InChI is InChI=1S/C23H30Cl2N2O3S/c24-18-4-5-21(20(25)10-18)31(29,30)27-6-2-1-3-19(27)14-26-22(28)23-11-15-7-16(12-23)9-17(8-15)13-23/h4-5,10,15-17,19H,1-3,6-9,11-14H2,(H,26,28). The third-order valence-electron chi connectivity index (χ3n) is 8.07. The zero-order chi connectivity index (χ0) is 21.8. The highest BCUT2D eigenvalue weighted by atomic mass is 35.5. The van der Waals surface area contributed by atoms with Crippen molar-refractivity contribution in [3.05, 3.63) is 28.2 Å². The maximum absolute atomic E-state index is 13.4. The van der Waals surface area contributed by atoms with Crippen LogP contribution in [0.2, 0.25) is 10.0 Å². The summed E-state index contributed by atoms with van der Waals surface area (Å²) in [5.74, 6) is 2.26. The predicted octanol–water partition coefficient (Wildman–Crippen LogP) is 4.87. The van der Waals surface area contributed by atoms with E-state index in [2.05, 4.69) is 5.32 Å². The van der Waals surface area contributed by atoms with Gasteiger partial charge in [-0.05, 0) is 87.3 Å². The van der Waals surface area contributed by atoms with Gasteiger partial charge < -0.3 is 5.32 Å². The SMILES string of the molecule is O=C(NCC1CCCCN1S(=O)(=O)c1ccc(Cl)cc1Cl)C12CC3CC(CC(C3)C1)C2. The number of carbonyl (C=O) groups excluding carboxylic acids is 1. The van der Waals surface area contributed by atoms with E-state index in [0.717, 1.165) is 38.5 Å². The first-order chi connectivity index (χ1) is 14.8. The van der Waals surface area contributed by atoms with Crippen LogP contribution in [-0.2, 0) is 14.8 Å². The number of hydrogen-bond acceptors (Lipinski definition) is 3. The van der Waals surface area contributed by atoms with E-state index >= 15 is 0 Å². The summed E-state index contributed by atoms with van der Waals surface area (Å²) in [6, 6.07) is 4.24. The summed E-state index contributed by atoms with van der Waals surface area (Å²) in [5.41, 5.74) is -0.216. The molecule has 0 radical (unpaired) electrons. The fourth-order valence-electron chi connectivity index (χ4n) is 7.09. The maximum Gasteiger partial charge on any atom is 0.244 e. The lowest BCUT2D eigenvalue weighted by Gasteiger charge is -2.55. The molecule has 5 nitrogen and oxygen atoms in total. The summed E-state index contributed by atoms with van der Waals surface area (Å²) in [4.78, 5) is 13.4. The van der Waals surface area contributed by atoms with Crippen molar-refractivity contribution in [2.75, 3.05) is 13.1 Å². The molecule has 1 N–H and O–H groups in total. The summed E-state index contributed by atoms with van der Waals surface area (Å²) in [6.45, 7) is 0.810. The summed E-state index contributed by atoms with van der Waals surface area (Å²) in [5, 5.41) is 3.73. The number of sulfonamides is 1. The highest BCUT2D eigenvalue weighted by Crippen LogP contribution is 2.60. The lowest BCUT2D eigenvalue weighted by atomic mass is 9.49. The summed E-state index contributed by atoms with van der Waals surface area (Å²) in [6.07, 6.45) is 9.43. The van der Waals surface area contributed by atoms with Gasteiger partial charge in [0.2, 0.25) is 15.9 Å². The third-order valence-corrected chi connectivity index (χ3v) is 10.7. The minimum absolute atomic E-state index is 0.0814. The Labute approximate surface area is 194 Å². The molecule has 170 valence electrons. The number of amides is 1. The lowest BCUT2D eigenvalue weighted by molar-refractivity contribution is -0.146. The number of hydrogen-bond donors (Lipinski definition) is 1. The molecule has 1 atom stereocenters. The molecule has 5 fully saturated rings. The second kappa shape index (κ2) is 8.19. The Balaban J connectivity index is 1.31. The normalized spacial score (nSPS) is 35.3. The quantitative estimate of drug-likeness (QED) is 0.647. The Kier molecular flexibility index (Phi) is 5.81.